The third kappa shape index (κ3) is 4.26. The average Bonchev–Trinajstić information content (AvgIpc) is 3.17. The Hall–Kier alpha value is -3.06. The van der Waals surface area contributed by atoms with Gasteiger partial charge in [0, 0.05) is 10.9 Å². The SMILES string of the molecule is CCOc1ccc(CC(=O)Nc2nc(-c3ccc4c(c3)OCCO4)cs2)cc1. The smallest absolute Gasteiger partial charge is 0.230 e. The van der Waals surface area contributed by atoms with Crippen LogP contribution in [0.15, 0.2) is 47.8 Å². The van der Waals surface area contributed by atoms with Crippen molar-refractivity contribution >= 4 is 22.4 Å². The number of amides is 1. The molecule has 2 aromatic carbocycles. The minimum atomic E-state index is -0.104. The van der Waals surface area contributed by atoms with Crippen molar-refractivity contribution in [1.29, 1.82) is 0 Å². The van der Waals surface area contributed by atoms with Crippen LogP contribution in [-0.4, -0.2) is 30.7 Å². The van der Waals surface area contributed by atoms with Crippen LogP contribution < -0.4 is 19.5 Å². The Labute approximate surface area is 167 Å². The van der Waals surface area contributed by atoms with E-state index in [1.54, 1.807) is 0 Å². The summed E-state index contributed by atoms with van der Waals surface area (Å²) in [5, 5.41) is 5.35. The maximum atomic E-state index is 12.3. The number of nitrogens with one attached hydrogen (secondary N) is 1. The van der Waals surface area contributed by atoms with Crippen LogP contribution in [0.4, 0.5) is 5.13 Å². The van der Waals surface area contributed by atoms with Gasteiger partial charge in [-0.2, -0.15) is 0 Å². The quantitative estimate of drug-likeness (QED) is 0.677. The average molecular weight is 396 g/mol. The maximum absolute atomic E-state index is 12.3. The second-order valence-electron chi connectivity index (χ2n) is 6.20. The van der Waals surface area contributed by atoms with Gasteiger partial charge in [0.15, 0.2) is 16.6 Å². The number of nitrogens with zero attached hydrogens (tertiary/aromatic N) is 1. The Balaban J connectivity index is 1.39. The van der Waals surface area contributed by atoms with Crippen LogP contribution in [0.1, 0.15) is 12.5 Å². The Morgan fingerprint density at radius 2 is 1.93 bits per heavy atom. The Bertz CT molecular complexity index is 969. The van der Waals surface area contributed by atoms with Gasteiger partial charge >= 0.3 is 0 Å². The molecule has 1 amide bonds. The summed E-state index contributed by atoms with van der Waals surface area (Å²) in [5.74, 6) is 2.16. The number of carbonyl (C=O) groups is 1. The molecule has 28 heavy (non-hydrogen) atoms. The third-order valence-electron chi connectivity index (χ3n) is 4.19. The lowest BCUT2D eigenvalue weighted by atomic mass is 10.1. The second-order valence-corrected chi connectivity index (χ2v) is 7.06. The summed E-state index contributed by atoms with van der Waals surface area (Å²) in [6.45, 7) is 3.66. The first-order valence-electron chi connectivity index (χ1n) is 9.08. The molecule has 1 aromatic heterocycles. The van der Waals surface area contributed by atoms with Gasteiger partial charge in [0.2, 0.25) is 5.91 Å². The molecule has 6 nitrogen and oxygen atoms in total. The van der Waals surface area contributed by atoms with Crippen molar-refractivity contribution in [2.45, 2.75) is 13.3 Å². The molecule has 1 aliphatic heterocycles. The summed E-state index contributed by atoms with van der Waals surface area (Å²) in [7, 11) is 0. The van der Waals surface area contributed by atoms with Crippen LogP contribution >= 0.6 is 11.3 Å². The fraction of sp³-hybridized carbons (Fsp3) is 0.238. The molecule has 0 radical (unpaired) electrons. The molecular formula is C21H20N2O4S. The molecule has 0 fully saturated rings. The van der Waals surface area contributed by atoms with Crippen molar-refractivity contribution in [2.75, 3.05) is 25.1 Å². The number of thiazole rings is 1. The minimum absolute atomic E-state index is 0.104. The van der Waals surface area contributed by atoms with Crippen LogP contribution in [0.3, 0.4) is 0 Å². The second kappa shape index (κ2) is 8.31. The molecule has 4 rings (SSSR count). The normalized spacial score (nSPS) is 12.5. The molecule has 1 N–H and O–H groups in total. The number of benzene rings is 2. The van der Waals surface area contributed by atoms with E-state index in [1.165, 1.54) is 11.3 Å². The van der Waals surface area contributed by atoms with E-state index in [0.29, 0.717) is 25.0 Å². The van der Waals surface area contributed by atoms with Gasteiger partial charge in [0.25, 0.3) is 0 Å². The molecule has 7 heteroatoms. The molecular weight excluding hydrogens is 376 g/mol. The van der Waals surface area contributed by atoms with Crippen molar-refractivity contribution in [1.82, 2.24) is 4.98 Å². The predicted molar refractivity (Wildman–Crippen MR) is 108 cm³/mol. The molecule has 3 aromatic rings. The summed E-state index contributed by atoms with van der Waals surface area (Å²) in [6, 6.07) is 13.3. The third-order valence-corrected chi connectivity index (χ3v) is 4.95. The van der Waals surface area contributed by atoms with Gasteiger partial charge in [0.1, 0.15) is 19.0 Å². The Kier molecular flexibility index (Phi) is 5.43. The van der Waals surface area contributed by atoms with E-state index >= 15 is 0 Å². The van der Waals surface area contributed by atoms with E-state index < -0.39 is 0 Å². The zero-order valence-corrected chi connectivity index (χ0v) is 16.3. The van der Waals surface area contributed by atoms with E-state index in [9.17, 15) is 4.79 Å². The van der Waals surface area contributed by atoms with E-state index in [2.05, 4.69) is 10.3 Å². The van der Waals surface area contributed by atoms with Gasteiger partial charge in [-0.15, -0.1) is 11.3 Å². The summed E-state index contributed by atoms with van der Waals surface area (Å²) >= 11 is 1.39. The van der Waals surface area contributed by atoms with Crippen LogP contribution in [0.2, 0.25) is 0 Å². The van der Waals surface area contributed by atoms with Gasteiger partial charge in [-0.25, -0.2) is 4.98 Å². The molecule has 0 spiro atoms. The zero-order chi connectivity index (χ0) is 19.3. The predicted octanol–water partition coefficient (Wildman–Crippen LogP) is 4.16. The number of fused-ring (bicyclic) bond motifs is 1. The molecule has 1 aliphatic rings. The van der Waals surface area contributed by atoms with Gasteiger partial charge in [-0.1, -0.05) is 12.1 Å². The molecule has 144 valence electrons. The topological polar surface area (TPSA) is 69.7 Å². The number of ether oxygens (including phenoxy) is 3. The number of aromatic nitrogens is 1. The molecule has 0 atom stereocenters. The van der Waals surface area contributed by atoms with Crippen LogP contribution in [0.5, 0.6) is 17.2 Å². The molecule has 0 unspecified atom stereocenters. The van der Waals surface area contributed by atoms with Gasteiger partial charge in [-0.05, 0) is 42.8 Å². The van der Waals surface area contributed by atoms with E-state index in [-0.39, 0.29) is 12.3 Å². The molecule has 0 saturated carbocycles. The summed E-state index contributed by atoms with van der Waals surface area (Å²) in [5.41, 5.74) is 2.63. The summed E-state index contributed by atoms with van der Waals surface area (Å²) in [4.78, 5) is 16.8. The fourth-order valence-corrected chi connectivity index (χ4v) is 3.62. The lowest BCUT2D eigenvalue weighted by Gasteiger charge is -2.18. The van der Waals surface area contributed by atoms with Crippen LogP contribution in [0, 0.1) is 0 Å². The number of rotatable bonds is 6. The monoisotopic (exact) mass is 396 g/mol. The van der Waals surface area contributed by atoms with Gasteiger partial charge < -0.3 is 19.5 Å². The van der Waals surface area contributed by atoms with Crippen LogP contribution in [0.25, 0.3) is 11.3 Å². The van der Waals surface area contributed by atoms with E-state index in [0.717, 1.165) is 34.1 Å². The van der Waals surface area contributed by atoms with Gasteiger partial charge in [0.05, 0.1) is 18.7 Å². The minimum Gasteiger partial charge on any atom is -0.494 e. The molecule has 0 bridgehead atoms. The van der Waals surface area contributed by atoms with E-state index in [1.807, 2.05) is 54.8 Å². The van der Waals surface area contributed by atoms with E-state index in [4.69, 9.17) is 14.2 Å². The highest BCUT2D eigenvalue weighted by Crippen LogP contribution is 2.35. The zero-order valence-electron chi connectivity index (χ0n) is 15.4. The molecule has 0 aliphatic carbocycles. The number of carbonyl (C=O) groups excluding carboxylic acids is 1. The Morgan fingerprint density at radius 1 is 1.14 bits per heavy atom. The van der Waals surface area contributed by atoms with Crippen molar-refractivity contribution in [3.63, 3.8) is 0 Å². The summed E-state index contributed by atoms with van der Waals surface area (Å²) < 4.78 is 16.6. The van der Waals surface area contributed by atoms with Gasteiger partial charge in [-0.3, -0.25) is 4.79 Å². The maximum Gasteiger partial charge on any atom is 0.230 e. The fourth-order valence-electron chi connectivity index (χ4n) is 2.89. The lowest BCUT2D eigenvalue weighted by molar-refractivity contribution is -0.115. The highest BCUT2D eigenvalue weighted by atomic mass is 32.1. The number of hydrogen-bond acceptors (Lipinski definition) is 6. The lowest BCUT2D eigenvalue weighted by Crippen LogP contribution is -2.15. The van der Waals surface area contributed by atoms with Crippen molar-refractivity contribution in [3.05, 3.63) is 53.4 Å². The molecule has 2 heterocycles. The van der Waals surface area contributed by atoms with Crippen LogP contribution in [-0.2, 0) is 11.2 Å². The Morgan fingerprint density at radius 3 is 2.71 bits per heavy atom. The highest BCUT2D eigenvalue weighted by molar-refractivity contribution is 7.14. The first kappa shape index (κ1) is 18.3. The van der Waals surface area contributed by atoms with Crippen molar-refractivity contribution in [3.8, 4) is 28.5 Å². The number of anilines is 1. The standard InChI is InChI=1S/C21H20N2O4S/c1-2-25-16-6-3-14(4-7-16)11-20(24)23-21-22-17(13-28-21)15-5-8-18-19(12-15)27-10-9-26-18/h3-8,12-13H,2,9-11H2,1H3,(H,22,23,24). The molecule has 0 saturated heterocycles. The summed E-state index contributed by atoms with van der Waals surface area (Å²) in [6.07, 6.45) is 0.283. The highest BCUT2D eigenvalue weighted by Gasteiger charge is 2.14. The van der Waals surface area contributed by atoms with Crippen molar-refractivity contribution < 1.29 is 19.0 Å². The first-order valence-corrected chi connectivity index (χ1v) is 9.96. The first-order chi connectivity index (χ1) is 13.7. The van der Waals surface area contributed by atoms with Crippen molar-refractivity contribution in [2.24, 2.45) is 0 Å². The largest absolute Gasteiger partial charge is 0.494 e. The number of hydrogen-bond donors (Lipinski definition) is 1.